The Hall–Kier alpha value is -1.04. The molecule has 3 rings (SSSR count). The average molecular weight is 299 g/mol. The zero-order valence-corrected chi connectivity index (χ0v) is 12.3. The summed E-state index contributed by atoms with van der Waals surface area (Å²) in [5.41, 5.74) is 0.969. The second-order valence-electron chi connectivity index (χ2n) is 5.14. The Balaban J connectivity index is 1.55. The predicted molar refractivity (Wildman–Crippen MR) is 76.5 cm³/mol. The highest BCUT2D eigenvalue weighted by atomic mass is 35.5. The van der Waals surface area contributed by atoms with Crippen molar-refractivity contribution in [2.24, 2.45) is 0 Å². The van der Waals surface area contributed by atoms with Crippen molar-refractivity contribution in [1.29, 1.82) is 0 Å². The highest BCUT2D eigenvalue weighted by Gasteiger charge is 2.32. The number of ether oxygens (including phenoxy) is 3. The molecule has 6 heteroatoms. The van der Waals surface area contributed by atoms with Crippen LogP contribution in [0.25, 0.3) is 0 Å². The largest absolute Gasteiger partial charge is 0.493 e. The number of aromatic nitrogens is 1. The summed E-state index contributed by atoms with van der Waals surface area (Å²) in [4.78, 5) is 6.21. The van der Waals surface area contributed by atoms with E-state index in [1.807, 2.05) is 6.07 Å². The normalized spacial score (nSPS) is 23.5. The van der Waals surface area contributed by atoms with Crippen molar-refractivity contribution < 1.29 is 14.2 Å². The zero-order valence-electron chi connectivity index (χ0n) is 11.5. The minimum absolute atomic E-state index is 0.0289. The molecule has 0 bridgehead atoms. The van der Waals surface area contributed by atoms with Gasteiger partial charge in [-0.25, -0.2) is 4.98 Å². The van der Waals surface area contributed by atoms with E-state index < -0.39 is 0 Å². The van der Waals surface area contributed by atoms with Crippen LogP contribution >= 0.6 is 11.6 Å². The Bertz CT molecular complexity index is 460. The van der Waals surface area contributed by atoms with Crippen molar-refractivity contribution in [3.8, 4) is 5.75 Å². The van der Waals surface area contributed by atoms with Gasteiger partial charge < -0.3 is 19.1 Å². The van der Waals surface area contributed by atoms with Crippen LogP contribution in [0.15, 0.2) is 12.3 Å². The minimum Gasteiger partial charge on any atom is -0.493 e. The van der Waals surface area contributed by atoms with Gasteiger partial charge in [-0.05, 0) is 19.3 Å². The number of pyridine rings is 1. The fraction of sp³-hybridized carbons (Fsp3) is 0.643. The number of anilines is 1. The van der Waals surface area contributed by atoms with E-state index in [0.717, 1.165) is 44.0 Å². The number of methoxy groups -OCH3 is 1. The summed E-state index contributed by atoms with van der Waals surface area (Å²) in [5, 5.41) is 0.473. The Morgan fingerprint density at radius 1 is 1.40 bits per heavy atom. The molecule has 0 saturated carbocycles. The summed E-state index contributed by atoms with van der Waals surface area (Å²) < 4.78 is 16.8. The van der Waals surface area contributed by atoms with Gasteiger partial charge in [0, 0.05) is 25.8 Å². The van der Waals surface area contributed by atoms with Gasteiger partial charge in [0.05, 0.1) is 25.1 Å². The third-order valence-electron chi connectivity index (χ3n) is 3.70. The van der Waals surface area contributed by atoms with E-state index in [0.29, 0.717) is 5.15 Å². The molecule has 3 heterocycles. The molecule has 1 aromatic heterocycles. The third-order valence-corrected chi connectivity index (χ3v) is 3.91. The molecule has 2 aliphatic rings. The standard InChI is InChI=1S/C14H19ClN2O3/c1-18-12-7-16-13(15)6-11(12)17-8-10(9-17)20-14-4-2-3-5-19-14/h6-7,10,14H,2-5,8-9H2,1H3. The van der Waals surface area contributed by atoms with Gasteiger partial charge in [-0.3, -0.25) is 0 Å². The van der Waals surface area contributed by atoms with E-state index in [4.69, 9.17) is 25.8 Å². The van der Waals surface area contributed by atoms with Gasteiger partial charge in [0.1, 0.15) is 5.15 Å². The fourth-order valence-corrected chi connectivity index (χ4v) is 2.72. The quantitative estimate of drug-likeness (QED) is 0.799. The second kappa shape index (κ2) is 6.16. The fourth-order valence-electron chi connectivity index (χ4n) is 2.57. The maximum absolute atomic E-state index is 5.95. The molecular formula is C14H19ClN2O3. The van der Waals surface area contributed by atoms with Crippen LogP contribution in [0.3, 0.4) is 0 Å². The van der Waals surface area contributed by atoms with Gasteiger partial charge >= 0.3 is 0 Å². The summed E-state index contributed by atoms with van der Waals surface area (Å²) >= 11 is 5.95. The van der Waals surface area contributed by atoms with Crippen LogP contribution in [-0.4, -0.2) is 44.2 Å². The minimum atomic E-state index is -0.0289. The summed E-state index contributed by atoms with van der Waals surface area (Å²) in [6.45, 7) is 2.47. The van der Waals surface area contributed by atoms with E-state index in [-0.39, 0.29) is 12.4 Å². The number of rotatable bonds is 4. The van der Waals surface area contributed by atoms with Crippen LogP contribution in [0, 0.1) is 0 Å². The Morgan fingerprint density at radius 2 is 2.25 bits per heavy atom. The maximum atomic E-state index is 5.95. The van der Waals surface area contributed by atoms with Crippen LogP contribution in [0.5, 0.6) is 5.75 Å². The first kappa shape index (κ1) is 13.9. The Labute approximate surface area is 123 Å². The van der Waals surface area contributed by atoms with E-state index in [9.17, 15) is 0 Å². The summed E-state index contributed by atoms with van der Waals surface area (Å²) in [6, 6.07) is 1.83. The molecule has 1 aromatic rings. The van der Waals surface area contributed by atoms with Gasteiger partial charge in [0.25, 0.3) is 0 Å². The van der Waals surface area contributed by atoms with Gasteiger partial charge in [0.2, 0.25) is 0 Å². The van der Waals surface area contributed by atoms with Crippen molar-refractivity contribution >= 4 is 17.3 Å². The van der Waals surface area contributed by atoms with Crippen molar-refractivity contribution in [2.75, 3.05) is 31.7 Å². The lowest BCUT2D eigenvalue weighted by atomic mass is 10.1. The Morgan fingerprint density at radius 3 is 2.95 bits per heavy atom. The molecule has 2 fully saturated rings. The Kier molecular flexibility index (Phi) is 4.29. The maximum Gasteiger partial charge on any atom is 0.160 e. The van der Waals surface area contributed by atoms with Gasteiger partial charge in [-0.1, -0.05) is 11.6 Å². The van der Waals surface area contributed by atoms with E-state index >= 15 is 0 Å². The van der Waals surface area contributed by atoms with E-state index in [1.54, 1.807) is 13.3 Å². The first-order chi connectivity index (χ1) is 9.76. The van der Waals surface area contributed by atoms with Crippen LogP contribution in [0.1, 0.15) is 19.3 Å². The number of hydrogen-bond acceptors (Lipinski definition) is 5. The lowest BCUT2D eigenvalue weighted by Crippen LogP contribution is -2.54. The number of nitrogens with zero attached hydrogens (tertiary/aromatic N) is 2. The van der Waals surface area contributed by atoms with Crippen molar-refractivity contribution in [1.82, 2.24) is 4.98 Å². The molecule has 0 amide bonds. The molecule has 0 spiro atoms. The average Bonchev–Trinajstić information content (AvgIpc) is 2.43. The lowest BCUT2D eigenvalue weighted by molar-refractivity contribution is -0.191. The monoisotopic (exact) mass is 298 g/mol. The number of halogens is 1. The van der Waals surface area contributed by atoms with Crippen LogP contribution < -0.4 is 9.64 Å². The van der Waals surface area contributed by atoms with Gasteiger partial charge in [-0.15, -0.1) is 0 Å². The van der Waals surface area contributed by atoms with Crippen molar-refractivity contribution in [3.63, 3.8) is 0 Å². The molecule has 5 nitrogen and oxygen atoms in total. The zero-order chi connectivity index (χ0) is 13.9. The van der Waals surface area contributed by atoms with Gasteiger partial charge in [0.15, 0.2) is 12.0 Å². The third kappa shape index (κ3) is 3.00. The predicted octanol–water partition coefficient (Wildman–Crippen LogP) is 2.48. The number of hydrogen-bond donors (Lipinski definition) is 0. The summed E-state index contributed by atoms with van der Waals surface area (Å²) in [5.74, 6) is 0.738. The molecule has 2 aliphatic heterocycles. The highest BCUT2D eigenvalue weighted by Crippen LogP contribution is 2.33. The SMILES string of the molecule is COc1cnc(Cl)cc1N1CC(OC2CCCCO2)C1. The first-order valence-corrected chi connectivity index (χ1v) is 7.35. The van der Waals surface area contributed by atoms with Crippen LogP contribution in [0.4, 0.5) is 5.69 Å². The molecule has 1 unspecified atom stereocenters. The molecule has 20 heavy (non-hydrogen) atoms. The molecular weight excluding hydrogens is 280 g/mol. The first-order valence-electron chi connectivity index (χ1n) is 6.98. The molecule has 0 radical (unpaired) electrons. The molecule has 0 aromatic carbocycles. The smallest absolute Gasteiger partial charge is 0.160 e. The van der Waals surface area contributed by atoms with Gasteiger partial charge in [-0.2, -0.15) is 0 Å². The molecule has 110 valence electrons. The molecule has 0 aliphatic carbocycles. The van der Waals surface area contributed by atoms with Crippen molar-refractivity contribution in [2.45, 2.75) is 31.7 Å². The van der Waals surface area contributed by atoms with E-state index in [2.05, 4.69) is 9.88 Å². The van der Waals surface area contributed by atoms with Crippen LogP contribution in [-0.2, 0) is 9.47 Å². The van der Waals surface area contributed by atoms with Crippen molar-refractivity contribution in [3.05, 3.63) is 17.4 Å². The van der Waals surface area contributed by atoms with E-state index in [1.165, 1.54) is 6.42 Å². The molecule has 1 atom stereocenters. The second-order valence-corrected chi connectivity index (χ2v) is 5.53. The van der Waals surface area contributed by atoms with Crippen LogP contribution in [0.2, 0.25) is 5.15 Å². The summed E-state index contributed by atoms with van der Waals surface area (Å²) in [6.07, 6.45) is 5.17. The molecule has 2 saturated heterocycles. The summed E-state index contributed by atoms with van der Waals surface area (Å²) in [7, 11) is 1.64. The highest BCUT2D eigenvalue weighted by molar-refractivity contribution is 6.29. The molecule has 0 N–H and O–H groups in total. The topological polar surface area (TPSA) is 43.8 Å². The lowest BCUT2D eigenvalue weighted by Gasteiger charge is -2.42.